The van der Waals surface area contributed by atoms with Gasteiger partial charge in [0.05, 0.1) is 17.0 Å². The average Bonchev–Trinajstić information content (AvgIpc) is 2.81. The number of nitrogens with zero attached hydrogens (tertiary/aromatic N) is 1. The van der Waals surface area contributed by atoms with Crippen LogP contribution in [-0.4, -0.2) is 43.7 Å². The van der Waals surface area contributed by atoms with E-state index in [0.29, 0.717) is 39.7 Å². The number of halogens is 2. The molecule has 1 saturated heterocycles. The zero-order chi connectivity index (χ0) is 24.9. The smallest absolute Gasteiger partial charge is 0.253 e. The standard InChI is InChI=1S/C24H29Cl2N3O4S/c1-3-16(2)27-24(31)20-6-4-5-7-22(20)28-23(30)17-10-12-29(13-11-17)34(32,33)15-18-8-9-19(25)14-21(18)26/h4-9,14,16-17H,3,10-13,15H2,1-2H3,(H,27,31)(H,28,30). The van der Waals surface area contributed by atoms with Crippen LogP contribution in [0.3, 0.4) is 0 Å². The molecule has 1 aliphatic heterocycles. The van der Waals surface area contributed by atoms with Crippen molar-refractivity contribution >= 4 is 50.7 Å². The van der Waals surface area contributed by atoms with E-state index in [1.807, 2.05) is 13.8 Å². The summed E-state index contributed by atoms with van der Waals surface area (Å²) < 4.78 is 27.2. The van der Waals surface area contributed by atoms with Crippen LogP contribution in [-0.2, 0) is 20.6 Å². The number of benzene rings is 2. The van der Waals surface area contributed by atoms with E-state index in [1.54, 1.807) is 36.4 Å². The van der Waals surface area contributed by atoms with Gasteiger partial charge in [0.2, 0.25) is 15.9 Å². The van der Waals surface area contributed by atoms with Gasteiger partial charge in [0.25, 0.3) is 5.91 Å². The maximum absolute atomic E-state index is 12.9. The first-order valence-corrected chi connectivity index (χ1v) is 13.6. The number of hydrogen-bond donors (Lipinski definition) is 2. The highest BCUT2D eigenvalue weighted by Gasteiger charge is 2.32. The van der Waals surface area contributed by atoms with Gasteiger partial charge >= 0.3 is 0 Å². The van der Waals surface area contributed by atoms with Crippen LogP contribution in [0.25, 0.3) is 0 Å². The monoisotopic (exact) mass is 525 g/mol. The van der Waals surface area contributed by atoms with Gasteiger partial charge in [0.1, 0.15) is 0 Å². The quantitative estimate of drug-likeness (QED) is 0.521. The maximum atomic E-state index is 12.9. The molecule has 3 rings (SSSR count). The Kier molecular flexibility index (Phi) is 8.98. The van der Waals surface area contributed by atoms with Crippen molar-refractivity contribution in [3.63, 3.8) is 0 Å². The largest absolute Gasteiger partial charge is 0.350 e. The molecule has 10 heteroatoms. The van der Waals surface area contributed by atoms with Crippen LogP contribution in [0.4, 0.5) is 5.69 Å². The lowest BCUT2D eigenvalue weighted by molar-refractivity contribution is -0.120. The molecule has 2 N–H and O–H groups in total. The fraction of sp³-hybridized carbons (Fsp3) is 0.417. The number of nitrogens with one attached hydrogen (secondary N) is 2. The number of amides is 2. The summed E-state index contributed by atoms with van der Waals surface area (Å²) in [7, 11) is -3.59. The van der Waals surface area contributed by atoms with Gasteiger partial charge in [0.15, 0.2) is 0 Å². The van der Waals surface area contributed by atoms with Crippen molar-refractivity contribution in [2.24, 2.45) is 5.92 Å². The topological polar surface area (TPSA) is 95.6 Å². The van der Waals surface area contributed by atoms with Crippen LogP contribution < -0.4 is 10.6 Å². The van der Waals surface area contributed by atoms with Crippen molar-refractivity contribution in [3.05, 3.63) is 63.6 Å². The number of para-hydroxylation sites is 1. The minimum atomic E-state index is -3.59. The Morgan fingerprint density at radius 3 is 2.44 bits per heavy atom. The van der Waals surface area contributed by atoms with Gasteiger partial charge in [0, 0.05) is 35.1 Å². The van der Waals surface area contributed by atoms with E-state index >= 15 is 0 Å². The molecular weight excluding hydrogens is 497 g/mol. The van der Waals surface area contributed by atoms with Gasteiger partial charge in [-0.2, -0.15) is 0 Å². The number of sulfonamides is 1. The molecule has 0 aliphatic carbocycles. The second kappa shape index (κ2) is 11.5. The maximum Gasteiger partial charge on any atom is 0.253 e. The Morgan fingerprint density at radius 2 is 1.79 bits per heavy atom. The highest BCUT2D eigenvalue weighted by Crippen LogP contribution is 2.27. The predicted octanol–water partition coefficient (Wildman–Crippen LogP) is 4.70. The van der Waals surface area contributed by atoms with Crippen molar-refractivity contribution in [3.8, 4) is 0 Å². The van der Waals surface area contributed by atoms with E-state index in [2.05, 4.69) is 10.6 Å². The lowest BCUT2D eigenvalue weighted by atomic mass is 9.97. The summed E-state index contributed by atoms with van der Waals surface area (Å²) in [6.07, 6.45) is 1.58. The highest BCUT2D eigenvalue weighted by atomic mass is 35.5. The second-order valence-electron chi connectivity index (χ2n) is 8.48. The summed E-state index contributed by atoms with van der Waals surface area (Å²) in [5.74, 6) is -1.04. The van der Waals surface area contributed by atoms with E-state index < -0.39 is 10.0 Å². The number of carbonyl (C=O) groups is 2. The predicted molar refractivity (Wildman–Crippen MR) is 136 cm³/mol. The van der Waals surface area contributed by atoms with Crippen LogP contribution in [0.15, 0.2) is 42.5 Å². The van der Waals surface area contributed by atoms with Crippen LogP contribution in [0.5, 0.6) is 0 Å². The molecule has 2 amide bonds. The third kappa shape index (κ3) is 6.72. The molecule has 0 aromatic heterocycles. The number of piperidine rings is 1. The number of carbonyl (C=O) groups excluding carboxylic acids is 2. The molecule has 1 fully saturated rings. The van der Waals surface area contributed by atoms with E-state index in [4.69, 9.17) is 23.2 Å². The molecule has 1 atom stereocenters. The molecule has 1 unspecified atom stereocenters. The highest BCUT2D eigenvalue weighted by molar-refractivity contribution is 7.88. The fourth-order valence-electron chi connectivity index (χ4n) is 3.75. The van der Waals surface area contributed by atoms with Crippen LogP contribution in [0.2, 0.25) is 10.0 Å². The fourth-order valence-corrected chi connectivity index (χ4v) is 5.90. The number of rotatable bonds is 8. The summed E-state index contributed by atoms with van der Waals surface area (Å²) in [5.41, 5.74) is 1.33. The third-order valence-electron chi connectivity index (χ3n) is 5.99. The summed E-state index contributed by atoms with van der Waals surface area (Å²) in [6.45, 7) is 4.38. The Balaban J connectivity index is 1.60. The van der Waals surface area contributed by atoms with E-state index in [9.17, 15) is 18.0 Å². The lowest BCUT2D eigenvalue weighted by Crippen LogP contribution is -2.42. The van der Waals surface area contributed by atoms with Crippen molar-refractivity contribution in [2.75, 3.05) is 18.4 Å². The van der Waals surface area contributed by atoms with Crippen molar-refractivity contribution in [1.82, 2.24) is 9.62 Å². The average molecular weight is 526 g/mol. The Hall–Kier alpha value is -2.13. The Morgan fingerprint density at radius 1 is 1.12 bits per heavy atom. The molecule has 0 radical (unpaired) electrons. The molecule has 7 nitrogen and oxygen atoms in total. The van der Waals surface area contributed by atoms with Gasteiger partial charge in [-0.15, -0.1) is 0 Å². The molecule has 0 saturated carbocycles. The van der Waals surface area contributed by atoms with Crippen LogP contribution in [0, 0.1) is 5.92 Å². The first-order valence-electron chi connectivity index (χ1n) is 11.2. The summed E-state index contributed by atoms with van der Waals surface area (Å²) in [6, 6.07) is 11.6. The lowest BCUT2D eigenvalue weighted by Gasteiger charge is -2.30. The summed E-state index contributed by atoms with van der Waals surface area (Å²) in [5, 5.41) is 6.52. The molecule has 0 spiro atoms. The summed E-state index contributed by atoms with van der Waals surface area (Å²) in [4.78, 5) is 25.5. The van der Waals surface area contributed by atoms with E-state index in [0.717, 1.165) is 6.42 Å². The van der Waals surface area contributed by atoms with Gasteiger partial charge in [-0.1, -0.05) is 48.3 Å². The van der Waals surface area contributed by atoms with Crippen LogP contribution in [0.1, 0.15) is 49.0 Å². The SMILES string of the molecule is CCC(C)NC(=O)c1ccccc1NC(=O)C1CCN(S(=O)(=O)Cc2ccc(Cl)cc2Cl)CC1. The number of anilines is 1. The molecule has 1 aliphatic rings. The molecule has 184 valence electrons. The zero-order valence-electron chi connectivity index (χ0n) is 19.2. The molecule has 1 heterocycles. The molecule has 2 aromatic rings. The normalized spacial score (nSPS) is 16.1. The molecule has 2 aromatic carbocycles. The first kappa shape index (κ1) is 26.5. The first-order chi connectivity index (χ1) is 16.1. The van der Waals surface area contributed by atoms with Gasteiger partial charge in [-0.05, 0) is 56.0 Å². The third-order valence-corrected chi connectivity index (χ3v) is 8.41. The second-order valence-corrected chi connectivity index (χ2v) is 11.3. The van der Waals surface area contributed by atoms with Crippen molar-refractivity contribution in [2.45, 2.75) is 44.9 Å². The van der Waals surface area contributed by atoms with E-state index in [1.165, 1.54) is 10.4 Å². The number of hydrogen-bond acceptors (Lipinski definition) is 4. The summed E-state index contributed by atoms with van der Waals surface area (Å²) >= 11 is 12.0. The Bertz CT molecular complexity index is 1150. The molecule has 34 heavy (non-hydrogen) atoms. The molecular formula is C24H29Cl2N3O4S. The Labute approximate surface area is 210 Å². The van der Waals surface area contributed by atoms with Gasteiger partial charge in [-0.3, -0.25) is 9.59 Å². The van der Waals surface area contributed by atoms with Crippen molar-refractivity contribution < 1.29 is 18.0 Å². The van der Waals surface area contributed by atoms with Crippen molar-refractivity contribution in [1.29, 1.82) is 0 Å². The molecule has 0 bridgehead atoms. The zero-order valence-corrected chi connectivity index (χ0v) is 21.5. The van der Waals surface area contributed by atoms with Crippen LogP contribution >= 0.6 is 23.2 Å². The van der Waals surface area contributed by atoms with Gasteiger partial charge < -0.3 is 10.6 Å². The van der Waals surface area contributed by atoms with Gasteiger partial charge in [-0.25, -0.2) is 12.7 Å². The van der Waals surface area contributed by atoms with E-state index in [-0.39, 0.29) is 42.6 Å². The minimum absolute atomic E-state index is 0.0188. The minimum Gasteiger partial charge on any atom is -0.350 e.